The Kier molecular flexibility index (Phi) is 6.22. The summed E-state index contributed by atoms with van der Waals surface area (Å²) in [6, 6.07) is 7.27. The zero-order chi connectivity index (χ0) is 14.5. The highest BCUT2D eigenvalue weighted by molar-refractivity contribution is 5.85. The van der Waals surface area contributed by atoms with Crippen LogP contribution in [0, 0.1) is 11.8 Å². The van der Waals surface area contributed by atoms with Crippen molar-refractivity contribution in [3.63, 3.8) is 0 Å². The first kappa shape index (κ1) is 19.6. The first-order valence-electron chi connectivity index (χ1n) is 8.05. The van der Waals surface area contributed by atoms with E-state index in [1.54, 1.807) is 0 Å². The molecule has 0 amide bonds. The summed E-state index contributed by atoms with van der Waals surface area (Å²) in [5, 5.41) is 0. The lowest BCUT2D eigenvalue weighted by atomic mass is 9.59. The zero-order valence-corrected chi connectivity index (χ0v) is 15.8. The van der Waals surface area contributed by atoms with Crippen LogP contribution in [0.3, 0.4) is 0 Å². The van der Waals surface area contributed by atoms with E-state index >= 15 is 0 Å². The van der Waals surface area contributed by atoms with Gasteiger partial charge in [-0.1, -0.05) is 33.8 Å². The summed E-state index contributed by atoms with van der Waals surface area (Å²) in [5.74, 6) is 1.46. The number of nitrogens with zero attached hydrogens (tertiary/aromatic N) is 1. The number of likely N-dealkylation sites (tertiary alicyclic amines) is 1. The molecule has 0 aromatic heterocycles. The second-order valence-corrected chi connectivity index (χ2v) is 7.53. The number of hydrogen-bond donors (Lipinski definition) is 1. The van der Waals surface area contributed by atoms with Gasteiger partial charge in [0, 0.05) is 18.3 Å². The molecule has 2 bridgehead atoms. The van der Waals surface area contributed by atoms with Crippen molar-refractivity contribution in [2.75, 3.05) is 18.8 Å². The molecule has 2 nitrogen and oxygen atoms in total. The normalized spacial score (nSPS) is 30.2. The molecule has 1 heterocycles. The number of piperidine rings is 1. The molecular formula is C18H30Cl2N2. The van der Waals surface area contributed by atoms with Crippen LogP contribution in [0.25, 0.3) is 0 Å². The summed E-state index contributed by atoms with van der Waals surface area (Å²) in [7, 11) is 0. The molecule has 1 fully saturated rings. The van der Waals surface area contributed by atoms with Gasteiger partial charge in [-0.3, -0.25) is 4.90 Å². The molecule has 2 N–H and O–H groups in total. The number of halogens is 2. The summed E-state index contributed by atoms with van der Waals surface area (Å²) in [5.41, 5.74) is 10.3. The molecule has 1 aliphatic carbocycles. The predicted octanol–water partition coefficient (Wildman–Crippen LogP) is 4.29. The zero-order valence-electron chi connectivity index (χ0n) is 14.1. The van der Waals surface area contributed by atoms with Crippen LogP contribution >= 0.6 is 24.8 Å². The van der Waals surface area contributed by atoms with Crippen molar-refractivity contribution < 1.29 is 0 Å². The van der Waals surface area contributed by atoms with Crippen LogP contribution in [-0.4, -0.2) is 24.0 Å². The Labute approximate surface area is 147 Å². The molecule has 0 spiro atoms. The lowest BCUT2D eigenvalue weighted by Crippen LogP contribution is -2.58. The lowest BCUT2D eigenvalue weighted by Gasteiger charge is -2.55. The second kappa shape index (κ2) is 6.98. The summed E-state index contributed by atoms with van der Waals surface area (Å²) in [6.45, 7) is 12.0. The molecule has 1 saturated heterocycles. The molecule has 2 aliphatic rings. The van der Waals surface area contributed by atoms with Crippen molar-refractivity contribution in [3.05, 3.63) is 29.3 Å². The van der Waals surface area contributed by atoms with Gasteiger partial charge in [-0.05, 0) is 59.9 Å². The minimum Gasteiger partial charge on any atom is -0.399 e. The fraction of sp³-hybridized carbons (Fsp3) is 0.667. The molecule has 4 heteroatoms. The monoisotopic (exact) mass is 344 g/mol. The average molecular weight is 345 g/mol. The average Bonchev–Trinajstić information content (AvgIpc) is 2.38. The van der Waals surface area contributed by atoms with Crippen LogP contribution in [0.5, 0.6) is 0 Å². The largest absolute Gasteiger partial charge is 0.399 e. The van der Waals surface area contributed by atoms with E-state index in [-0.39, 0.29) is 24.8 Å². The van der Waals surface area contributed by atoms with E-state index in [0.717, 1.165) is 11.6 Å². The molecule has 126 valence electrons. The SMILES string of the molecule is CC(C)CN1CC[C@@]2(C)c3cc(N)ccc3C[C@@H]1[C@H]2C.Cl.Cl. The number of fused-ring (bicyclic) bond motifs is 4. The van der Waals surface area contributed by atoms with Crippen LogP contribution in [0.15, 0.2) is 18.2 Å². The standard InChI is InChI=1S/C18H28N2.2ClH/c1-12(2)11-20-8-7-18(4)13(3)17(20)9-14-5-6-15(19)10-16(14)18;;/h5-6,10,12-13,17H,7-9,11,19H2,1-4H3;2*1H/t13-,17-,18-;;/m1../s1. The fourth-order valence-corrected chi connectivity index (χ4v) is 4.42. The summed E-state index contributed by atoms with van der Waals surface area (Å²) >= 11 is 0. The highest BCUT2D eigenvalue weighted by Gasteiger charge is 2.48. The first-order valence-corrected chi connectivity index (χ1v) is 8.05. The quantitative estimate of drug-likeness (QED) is 0.810. The Bertz CT molecular complexity index is 518. The van der Waals surface area contributed by atoms with Crippen molar-refractivity contribution in [2.45, 2.75) is 52.0 Å². The van der Waals surface area contributed by atoms with Gasteiger partial charge in [0.05, 0.1) is 0 Å². The summed E-state index contributed by atoms with van der Waals surface area (Å²) in [6.07, 6.45) is 2.45. The van der Waals surface area contributed by atoms with Crippen molar-refractivity contribution in [3.8, 4) is 0 Å². The lowest BCUT2D eigenvalue weighted by molar-refractivity contribution is 0.0242. The number of rotatable bonds is 2. The van der Waals surface area contributed by atoms with Gasteiger partial charge in [-0.15, -0.1) is 24.8 Å². The molecule has 0 unspecified atom stereocenters. The smallest absolute Gasteiger partial charge is 0.0317 e. The topological polar surface area (TPSA) is 29.3 Å². The Balaban J connectivity index is 0.00000121. The van der Waals surface area contributed by atoms with Gasteiger partial charge in [-0.25, -0.2) is 0 Å². The van der Waals surface area contributed by atoms with Gasteiger partial charge < -0.3 is 5.73 Å². The van der Waals surface area contributed by atoms with E-state index < -0.39 is 0 Å². The van der Waals surface area contributed by atoms with E-state index in [1.807, 2.05) is 0 Å². The first-order chi connectivity index (χ1) is 9.41. The van der Waals surface area contributed by atoms with Gasteiger partial charge in [0.2, 0.25) is 0 Å². The highest BCUT2D eigenvalue weighted by atomic mass is 35.5. The van der Waals surface area contributed by atoms with Crippen molar-refractivity contribution in [1.29, 1.82) is 0 Å². The minimum atomic E-state index is 0. The van der Waals surface area contributed by atoms with Crippen molar-refractivity contribution >= 4 is 30.5 Å². The van der Waals surface area contributed by atoms with Gasteiger partial charge in [0.1, 0.15) is 0 Å². The van der Waals surface area contributed by atoms with E-state index in [0.29, 0.717) is 17.4 Å². The van der Waals surface area contributed by atoms with Gasteiger partial charge in [0.25, 0.3) is 0 Å². The van der Waals surface area contributed by atoms with Crippen molar-refractivity contribution in [2.24, 2.45) is 11.8 Å². The van der Waals surface area contributed by atoms with Crippen LogP contribution in [-0.2, 0) is 11.8 Å². The molecule has 0 saturated carbocycles. The molecule has 1 aromatic carbocycles. The number of nitrogen functional groups attached to an aromatic ring is 1. The third-order valence-electron chi connectivity index (χ3n) is 5.75. The number of nitrogens with two attached hydrogens (primary N) is 1. The Morgan fingerprint density at radius 3 is 2.64 bits per heavy atom. The molecule has 3 rings (SSSR count). The highest BCUT2D eigenvalue weighted by Crippen LogP contribution is 2.49. The maximum absolute atomic E-state index is 6.04. The molecule has 3 atom stereocenters. The van der Waals surface area contributed by atoms with Crippen LogP contribution in [0.2, 0.25) is 0 Å². The number of hydrogen-bond acceptors (Lipinski definition) is 2. The molecule has 1 aliphatic heterocycles. The third-order valence-corrected chi connectivity index (χ3v) is 5.75. The van der Waals surface area contributed by atoms with Crippen LogP contribution < -0.4 is 5.73 Å². The second-order valence-electron chi connectivity index (χ2n) is 7.53. The Morgan fingerprint density at radius 1 is 1.32 bits per heavy atom. The van der Waals surface area contributed by atoms with E-state index in [1.165, 1.54) is 37.1 Å². The fourth-order valence-electron chi connectivity index (χ4n) is 4.42. The summed E-state index contributed by atoms with van der Waals surface area (Å²) in [4.78, 5) is 2.73. The maximum atomic E-state index is 6.04. The van der Waals surface area contributed by atoms with E-state index in [2.05, 4.69) is 50.8 Å². The van der Waals surface area contributed by atoms with E-state index in [4.69, 9.17) is 5.73 Å². The summed E-state index contributed by atoms with van der Waals surface area (Å²) < 4.78 is 0. The Morgan fingerprint density at radius 2 is 2.00 bits per heavy atom. The van der Waals surface area contributed by atoms with Gasteiger partial charge in [0.15, 0.2) is 0 Å². The molecular weight excluding hydrogens is 315 g/mol. The van der Waals surface area contributed by atoms with E-state index in [9.17, 15) is 0 Å². The minimum absolute atomic E-state index is 0. The van der Waals surface area contributed by atoms with Gasteiger partial charge in [-0.2, -0.15) is 0 Å². The molecule has 0 radical (unpaired) electrons. The van der Waals surface area contributed by atoms with Crippen LogP contribution in [0.1, 0.15) is 45.2 Å². The Hall–Kier alpha value is -0.440. The number of anilines is 1. The number of benzene rings is 1. The third kappa shape index (κ3) is 3.11. The van der Waals surface area contributed by atoms with Crippen LogP contribution in [0.4, 0.5) is 5.69 Å². The predicted molar refractivity (Wildman–Crippen MR) is 100 cm³/mol. The molecule has 1 aromatic rings. The maximum Gasteiger partial charge on any atom is 0.0317 e. The molecule has 22 heavy (non-hydrogen) atoms. The van der Waals surface area contributed by atoms with Crippen molar-refractivity contribution in [1.82, 2.24) is 4.90 Å². The van der Waals surface area contributed by atoms with Gasteiger partial charge >= 0.3 is 0 Å².